The van der Waals surface area contributed by atoms with E-state index in [9.17, 15) is 18.3 Å². The fraction of sp³-hybridized carbons (Fsp3) is 0.389. The highest BCUT2D eigenvalue weighted by atomic mass is 19.4. The van der Waals surface area contributed by atoms with Gasteiger partial charge in [-0.2, -0.15) is 18.3 Å². The van der Waals surface area contributed by atoms with Crippen LogP contribution >= 0.6 is 0 Å². The molecule has 9 heteroatoms. The van der Waals surface area contributed by atoms with Crippen molar-refractivity contribution in [3.8, 4) is 11.4 Å². The number of H-pyrrole nitrogens is 1. The van der Waals surface area contributed by atoms with Gasteiger partial charge in [0.05, 0.1) is 11.3 Å². The standard InChI is InChI=1S/C18H18F3N5O.2H2/c19-18(20,21)13-3-4-14(26-8-5-11(10-27)6-9-26)23-16(13)15-12-2-1-7-22-17(12)25-24-15;;/h1-4,7,11,27H,5-6,8-10H2,(H,22,24,25);2*1H. The van der Waals surface area contributed by atoms with Crippen LogP contribution in [0.1, 0.15) is 21.3 Å². The molecule has 0 aliphatic carbocycles. The van der Waals surface area contributed by atoms with Gasteiger partial charge in [0.25, 0.3) is 0 Å². The average Bonchev–Trinajstić information content (AvgIpc) is 3.11. The molecule has 0 saturated carbocycles. The van der Waals surface area contributed by atoms with Gasteiger partial charge in [-0.1, -0.05) is 0 Å². The van der Waals surface area contributed by atoms with Crippen molar-refractivity contribution >= 4 is 16.9 Å². The quantitative estimate of drug-likeness (QED) is 0.723. The number of pyridine rings is 2. The Morgan fingerprint density at radius 2 is 2.00 bits per heavy atom. The highest BCUT2D eigenvalue weighted by molar-refractivity contribution is 5.90. The zero-order chi connectivity index (χ0) is 19.0. The summed E-state index contributed by atoms with van der Waals surface area (Å²) in [7, 11) is 0. The molecule has 146 valence electrons. The van der Waals surface area contributed by atoms with E-state index in [1.807, 2.05) is 4.90 Å². The summed E-state index contributed by atoms with van der Waals surface area (Å²) in [4.78, 5) is 10.4. The third-order valence-corrected chi connectivity index (χ3v) is 4.95. The first-order valence-corrected chi connectivity index (χ1v) is 8.71. The Balaban J connectivity index is 0.00000150. The molecule has 27 heavy (non-hydrogen) atoms. The molecule has 4 rings (SSSR count). The van der Waals surface area contributed by atoms with Gasteiger partial charge >= 0.3 is 6.18 Å². The lowest BCUT2D eigenvalue weighted by atomic mass is 9.98. The van der Waals surface area contributed by atoms with Gasteiger partial charge in [-0.3, -0.25) is 5.10 Å². The monoisotopic (exact) mass is 381 g/mol. The minimum atomic E-state index is -4.54. The van der Waals surface area contributed by atoms with Gasteiger partial charge in [0.15, 0.2) is 5.65 Å². The van der Waals surface area contributed by atoms with Crippen molar-refractivity contribution in [2.45, 2.75) is 19.0 Å². The predicted molar refractivity (Wildman–Crippen MR) is 98.4 cm³/mol. The van der Waals surface area contributed by atoms with Crippen LogP contribution in [0.5, 0.6) is 0 Å². The third kappa shape index (κ3) is 3.34. The van der Waals surface area contributed by atoms with Crippen molar-refractivity contribution in [2.24, 2.45) is 5.92 Å². The Kier molecular flexibility index (Phi) is 4.47. The molecular weight excluding hydrogens is 359 g/mol. The molecule has 2 N–H and O–H groups in total. The number of piperidine rings is 1. The zero-order valence-electron chi connectivity index (χ0n) is 14.4. The lowest BCUT2D eigenvalue weighted by molar-refractivity contribution is -0.137. The Labute approximate surface area is 156 Å². The number of aliphatic hydroxyl groups excluding tert-OH is 1. The van der Waals surface area contributed by atoms with E-state index in [0.29, 0.717) is 29.9 Å². The van der Waals surface area contributed by atoms with Crippen molar-refractivity contribution in [1.82, 2.24) is 20.2 Å². The number of rotatable bonds is 3. The number of hydrogen-bond donors (Lipinski definition) is 2. The Morgan fingerprint density at radius 3 is 2.70 bits per heavy atom. The second-order valence-corrected chi connectivity index (χ2v) is 6.65. The largest absolute Gasteiger partial charge is 0.418 e. The Morgan fingerprint density at radius 1 is 1.22 bits per heavy atom. The van der Waals surface area contributed by atoms with Gasteiger partial charge in [0.1, 0.15) is 11.5 Å². The molecule has 0 amide bonds. The number of nitrogens with zero attached hydrogens (tertiary/aromatic N) is 4. The maximum absolute atomic E-state index is 13.6. The van der Waals surface area contributed by atoms with E-state index in [1.165, 1.54) is 12.3 Å². The molecule has 0 aromatic carbocycles. The molecule has 3 aromatic heterocycles. The van der Waals surface area contributed by atoms with Crippen LogP contribution < -0.4 is 4.90 Å². The van der Waals surface area contributed by atoms with Crippen molar-refractivity contribution in [3.63, 3.8) is 0 Å². The van der Waals surface area contributed by atoms with Gasteiger partial charge in [-0.25, -0.2) is 9.97 Å². The van der Waals surface area contributed by atoms with E-state index in [2.05, 4.69) is 20.2 Å². The Hall–Kier alpha value is -2.68. The molecule has 1 saturated heterocycles. The summed E-state index contributed by atoms with van der Waals surface area (Å²) in [5, 5.41) is 16.4. The van der Waals surface area contributed by atoms with Crippen LogP contribution in [0, 0.1) is 5.92 Å². The Bertz CT molecular complexity index is 958. The van der Waals surface area contributed by atoms with Crippen LogP contribution in [0.3, 0.4) is 0 Å². The fourth-order valence-corrected chi connectivity index (χ4v) is 3.42. The minimum Gasteiger partial charge on any atom is -0.396 e. The summed E-state index contributed by atoms with van der Waals surface area (Å²) < 4.78 is 40.7. The maximum atomic E-state index is 13.6. The molecule has 1 fully saturated rings. The van der Waals surface area contributed by atoms with Crippen molar-refractivity contribution in [3.05, 3.63) is 36.0 Å². The molecular formula is C18H22F3N5O. The van der Waals surface area contributed by atoms with E-state index in [1.54, 1.807) is 12.1 Å². The van der Waals surface area contributed by atoms with Crippen LogP contribution in [0.25, 0.3) is 22.4 Å². The fourth-order valence-electron chi connectivity index (χ4n) is 3.42. The zero-order valence-corrected chi connectivity index (χ0v) is 14.4. The number of fused-ring (bicyclic) bond motifs is 1. The number of aromatic amines is 1. The molecule has 0 atom stereocenters. The van der Waals surface area contributed by atoms with E-state index < -0.39 is 11.7 Å². The second-order valence-electron chi connectivity index (χ2n) is 6.65. The molecule has 1 aliphatic heterocycles. The lowest BCUT2D eigenvalue weighted by Gasteiger charge is -2.32. The third-order valence-electron chi connectivity index (χ3n) is 4.95. The van der Waals surface area contributed by atoms with Crippen molar-refractivity contribution in [2.75, 3.05) is 24.6 Å². The molecule has 0 radical (unpaired) electrons. The molecule has 6 nitrogen and oxygen atoms in total. The highest BCUT2D eigenvalue weighted by Crippen LogP contribution is 2.38. The summed E-state index contributed by atoms with van der Waals surface area (Å²) in [5.74, 6) is 0.721. The average molecular weight is 381 g/mol. The second kappa shape index (κ2) is 6.80. The van der Waals surface area contributed by atoms with Gasteiger partial charge in [0.2, 0.25) is 0 Å². The van der Waals surface area contributed by atoms with Gasteiger partial charge in [-0.05, 0) is 43.0 Å². The number of aromatic nitrogens is 4. The SMILES string of the molecule is OCC1CCN(c2ccc(C(F)(F)F)c(-c3[nH]nc4ncccc34)n2)CC1.[HH].[HH]. The first-order chi connectivity index (χ1) is 13.0. The van der Waals surface area contributed by atoms with E-state index in [4.69, 9.17) is 0 Å². The van der Waals surface area contributed by atoms with Crippen LogP contribution in [0.4, 0.5) is 19.0 Å². The van der Waals surface area contributed by atoms with E-state index in [0.717, 1.165) is 18.9 Å². The van der Waals surface area contributed by atoms with E-state index >= 15 is 0 Å². The van der Waals surface area contributed by atoms with Gasteiger partial charge < -0.3 is 10.0 Å². The maximum Gasteiger partial charge on any atom is 0.418 e. The molecule has 0 spiro atoms. The first-order valence-electron chi connectivity index (χ1n) is 8.71. The van der Waals surface area contributed by atoms with Gasteiger partial charge in [-0.15, -0.1) is 0 Å². The molecule has 0 unspecified atom stereocenters. The number of nitrogens with one attached hydrogen (secondary N) is 1. The van der Waals surface area contributed by atoms with Crippen LogP contribution in [-0.2, 0) is 6.18 Å². The summed E-state index contributed by atoms with van der Waals surface area (Å²) >= 11 is 0. The summed E-state index contributed by atoms with van der Waals surface area (Å²) in [6, 6.07) is 5.79. The number of hydrogen-bond acceptors (Lipinski definition) is 5. The van der Waals surface area contributed by atoms with E-state index in [-0.39, 0.29) is 26.8 Å². The number of aliphatic hydroxyl groups is 1. The molecule has 4 heterocycles. The molecule has 0 bridgehead atoms. The minimum absolute atomic E-state index is 0. The predicted octanol–water partition coefficient (Wildman–Crippen LogP) is 3.74. The lowest BCUT2D eigenvalue weighted by Crippen LogP contribution is -2.35. The summed E-state index contributed by atoms with van der Waals surface area (Å²) in [5.41, 5.74) is -0.445. The number of alkyl halides is 3. The van der Waals surface area contributed by atoms with Gasteiger partial charge in [0, 0.05) is 34.1 Å². The highest BCUT2D eigenvalue weighted by Gasteiger charge is 2.36. The van der Waals surface area contributed by atoms with Crippen LogP contribution in [-0.4, -0.2) is 45.0 Å². The first kappa shape index (κ1) is 17.7. The molecule has 3 aromatic rings. The number of halogens is 3. The topological polar surface area (TPSA) is 77.9 Å². The summed E-state index contributed by atoms with van der Waals surface area (Å²) in [6.07, 6.45) is -1.44. The number of anilines is 1. The normalized spacial score (nSPS) is 16.2. The van der Waals surface area contributed by atoms with Crippen LogP contribution in [0.2, 0.25) is 0 Å². The van der Waals surface area contributed by atoms with Crippen molar-refractivity contribution in [1.29, 1.82) is 0 Å². The molecule has 1 aliphatic rings. The summed E-state index contributed by atoms with van der Waals surface area (Å²) in [6.45, 7) is 1.43. The smallest absolute Gasteiger partial charge is 0.396 e. The van der Waals surface area contributed by atoms with Crippen LogP contribution in [0.15, 0.2) is 30.5 Å². The van der Waals surface area contributed by atoms with Crippen molar-refractivity contribution < 1.29 is 21.1 Å².